The van der Waals surface area contributed by atoms with Gasteiger partial charge >= 0.3 is 0 Å². The molecule has 0 aromatic heterocycles. The van der Waals surface area contributed by atoms with E-state index in [2.05, 4.69) is 48.5 Å². The Kier molecular flexibility index (Phi) is 10.7. The van der Waals surface area contributed by atoms with Crippen LogP contribution in [0.2, 0.25) is 0 Å². The first kappa shape index (κ1) is 43.5. The van der Waals surface area contributed by atoms with E-state index in [1.807, 2.05) is 24.3 Å². The van der Waals surface area contributed by atoms with Crippen LogP contribution >= 0.6 is 0 Å². The van der Waals surface area contributed by atoms with Gasteiger partial charge in [0.15, 0.2) is 57.9 Å². The molecular formula is C54H42F6NO6+. The van der Waals surface area contributed by atoms with E-state index in [0.29, 0.717) is 24.2 Å². The molecule has 8 aromatic rings. The van der Waals surface area contributed by atoms with Crippen LogP contribution in [-0.2, 0) is 26.2 Å². The van der Waals surface area contributed by atoms with Crippen molar-refractivity contribution < 1.29 is 59.2 Å². The fourth-order valence-corrected chi connectivity index (χ4v) is 10.7. The van der Waals surface area contributed by atoms with Crippen LogP contribution < -0.4 is 28.4 Å². The summed E-state index contributed by atoms with van der Waals surface area (Å²) in [5.74, 6) is -8.83. The fourth-order valence-electron chi connectivity index (χ4n) is 10.7. The van der Waals surface area contributed by atoms with E-state index >= 15 is 17.6 Å². The first-order chi connectivity index (χ1) is 32.4. The molecule has 0 atom stereocenters. The SMILES string of the molecule is COc1c(OC)c(-c2cc(F)c(F)c(F)c2)c2c(c1OC)-c1c(c(-c3cc(F)c(F)c(F)c3)c(OC)c(OC)c1OC)C[N+]1(Cc3ccc4ccccc4c3-c3c(ccc4ccccc34)C1)C2. The number of methoxy groups -OCH3 is 6. The molecule has 0 bridgehead atoms. The third-order valence-electron chi connectivity index (χ3n) is 13.2. The molecule has 0 unspecified atom stereocenters. The topological polar surface area (TPSA) is 55.4 Å². The lowest BCUT2D eigenvalue weighted by Gasteiger charge is -2.39. The zero-order valence-electron chi connectivity index (χ0n) is 37.2. The van der Waals surface area contributed by atoms with Crippen LogP contribution in [0.4, 0.5) is 26.3 Å². The molecule has 67 heavy (non-hydrogen) atoms. The molecule has 0 aliphatic carbocycles. The van der Waals surface area contributed by atoms with Crippen LogP contribution in [0.15, 0.2) is 97.1 Å². The Balaban J connectivity index is 1.44. The first-order valence-electron chi connectivity index (χ1n) is 21.3. The molecule has 0 saturated carbocycles. The van der Waals surface area contributed by atoms with Crippen LogP contribution in [0.25, 0.3) is 66.1 Å². The second-order valence-electron chi connectivity index (χ2n) is 16.8. The van der Waals surface area contributed by atoms with Crippen molar-refractivity contribution in [2.45, 2.75) is 26.2 Å². The molecule has 0 fully saturated rings. The van der Waals surface area contributed by atoms with Gasteiger partial charge in [0.25, 0.3) is 0 Å². The second kappa shape index (κ2) is 16.5. The second-order valence-corrected chi connectivity index (χ2v) is 16.8. The maximum absolute atomic E-state index is 15.6. The maximum Gasteiger partial charge on any atom is 0.204 e. The normalized spacial score (nSPS) is 13.6. The lowest BCUT2D eigenvalue weighted by Crippen LogP contribution is -2.44. The number of hydrogen-bond donors (Lipinski definition) is 0. The van der Waals surface area contributed by atoms with Gasteiger partial charge < -0.3 is 32.9 Å². The van der Waals surface area contributed by atoms with E-state index in [1.165, 1.54) is 42.7 Å². The third kappa shape index (κ3) is 6.61. The lowest BCUT2D eigenvalue weighted by molar-refractivity contribution is -0.977. The Labute approximate surface area is 381 Å². The van der Waals surface area contributed by atoms with Gasteiger partial charge in [-0.1, -0.05) is 72.8 Å². The average Bonchev–Trinajstić information content (AvgIpc) is 3.57. The average molecular weight is 915 g/mol. The Morgan fingerprint density at radius 2 is 0.687 bits per heavy atom. The molecule has 0 saturated heterocycles. The maximum atomic E-state index is 15.6. The summed E-state index contributed by atoms with van der Waals surface area (Å²) in [7, 11) is 8.31. The van der Waals surface area contributed by atoms with Crippen LogP contribution in [0.3, 0.4) is 0 Å². The van der Waals surface area contributed by atoms with E-state index in [-0.39, 0.29) is 85.5 Å². The van der Waals surface area contributed by atoms with E-state index in [4.69, 9.17) is 28.4 Å². The van der Waals surface area contributed by atoms with Gasteiger partial charge in [0.05, 0.1) is 42.7 Å². The molecule has 10 rings (SSSR count). The number of rotatable bonds is 8. The van der Waals surface area contributed by atoms with E-state index < -0.39 is 34.9 Å². The van der Waals surface area contributed by atoms with Crippen molar-refractivity contribution in [3.63, 3.8) is 0 Å². The van der Waals surface area contributed by atoms with Gasteiger partial charge in [0.1, 0.15) is 26.2 Å². The van der Waals surface area contributed by atoms with Gasteiger partial charge in [-0.2, -0.15) is 0 Å². The van der Waals surface area contributed by atoms with Crippen molar-refractivity contribution in [3.8, 4) is 79.0 Å². The zero-order valence-corrected chi connectivity index (χ0v) is 37.2. The van der Waals surface area contributed by atoms with Crippen molar-refractivity contribution in [3.05, 3.63) is 154 Å². The van der Waals surface area contributed by atoms with Crippen molar-refractivity contribution in [1.82, 2.24) is 0 Å². The van der Waals surface area contributed by atoms with E-state index in [1.54, 1.807) is 0 Å². The molecule has 0 radical (unpaired) electrons. The van der Waals surface area contributed by atoms with Crippen molar-refractivity contribution in [2.24, 2.45) is 0 Å². The number of halogens is 6. The predicted molar refractivity (Wildman–Crippen MR) is 244 cm³/mol. The summed E-state index contributed by atoms with van der Waals surface area (Å²) in [4.78, 5) is 0. The monoisotopic (exact) mass is 914 g/mol. The molecule has 13 heteroatoms. The minimum atomic E-state index is -1.66. The van der Waals surface area contributed by atoms with Crippen LogP contribution in [0.1, 0.15) is 22.3 Å². The standard InChI is InChI=1S/C54H42F6NO6/c1-62-49-43(31-19-37(55)47(59)38(56)20-31)35-25-61(23-29-17-15-27-11-7-9-13-33(27)41(29)42-30(24-61)18-16-28-12-8-10-14-34(28)42)26-36-44(32-21-39(57)48(60)40(58)22-32)50(63-2)54(67-6)52(65-4)46(36)45(35)51(64-3)53(49)66-5/h7-22H,23-26H2,1-6H3/q+1. The number of fused-ring (bicyclic) bond motifs is 10. The Bertz CT molecular complexity index is 3100. The summed E-state index contributed by atoms with van der Waals surface area (Å²) in [6, 6.07) is 28.2. The van der Waals surface area contributed by atoms with Crippen LogP contribution in [0, 0.1) is 34.9 Å². The van der Waals surface area contributed by atoms with Gasteiger partial charge in [-0.15, -0.1) is 0 Å². The minimum Gasteiger partial charge on any atom is -0.492 e. The van der Waals surface area contributed by atoms with Crippen molar-refractivity contribution in [2.75, 3.05) is 42.7 Å². The zero-order chi connectivity index (χ0) is 47.1. The fraction of sp³-hybridized carbons (Fsp3) is 0.185. The summed E-state index contributed by atoms with van der Waals surface area (Å²) in [6.45, 7) is 0.752. The first-order valence-corrected chi connectivity index (χ1v) is 21.3. The Morgan fingerprint density at radius 1 is 0.358 bits per heavy atom. The number of hydrogen-bond acceptors (Lipinski definition) is 6. The van der Waals surface area contributed by atoms with Gasteiger partial charge in [-0.25, -0.2) is 26.3 Å². The lowest BCUT2D eigenvalue weighted by atomic mass is 9.85. The van der Waals surface area contributed by atoms with Gasteiger partial charge in [-0.3, -0.25) is 0 Å². The quantitative estimate of drug-likeness (QED) is 0.0860. The summed E-state index contributed by atoms with van der Waals surface area (Å²) >= 11 is 0. The Hall–Kier alpha value is -7.38. The predicted octanol–water partition coefficient (Wildman–Crippen LogP) is 13.1. The van der Waals surface area contributed by atoms with Crippen molar-refractivity contribution in [1.29, 1.82) is 0 Å². The number of ether oxygens (including phenoxy) is 6. The minimum absolute atomic E-state index is 0.00467. The van der Waals surface area contributed by atoms with E-state index in [9.17, 15) is 8.78 Å². The highest BCUT2D eigenvalue weighted by atomic mass is 19.2. The molecule has 0 N–H and O–H groups in total. The highest BCUT2D eigenvalue weighted by molar-refractivity contribution is 6.08. The van der Waals surface area contributed by atoms with Crippen molar-refractivity contribution >= 4 is 21.5 Å². The molecular weight excluding hydrogens is 873 g/mol. The molecule has 2 aliphatic rings. The molecule has 0 amide bonds. The summed E-state index contributed by atoms with van der Waals surface area (Å²) in [5, 5.41) is 4.08. The van der Waals surface area contributed by atoms with Gasteiger partial charge in [0.2, 0.25) is 11.5 Å². The van der Waals surface area contributed by atoms with Crippen LogP contribution in [0.5, 0.6) is 34.5 Å². The highest BCUT2D eigenvalue weighted by Crippen LogP contribution is 2.63. The smallest absolute Gasteiger partial charge is 0.204 e. The van der Waals surface area contributed by atoms with Gasteiger partial charge in [0, 0.05) is 44.5 Å². The summed E-state index contributed by atoms with van der Waals surface area (Å²) < 4.78 is 129. The van der Waals surface area contributed by atoms with Gasteiger partial charge in [-0.05, 0) is 68.1 Å². The number of quaternary nitrogens is 1. The number of nitrogens with zero attached hydrogens (tertiary/aromatic N) is 1. The largest absolute Gasteiger partial charge is 0.492 e. The van der Waals surface area contributed by atoms with Crippen LogP contribution in [-0.4, -0.2) is 47.1 Å². The molecule has 8 aromatic carbocycles. The summed E-state index contributed by atoms with van der Waals surface area (Å²) in [5.41, 5.74) is 5.49. The summed E-state index contributed by atoms with van der Waals surface area (Å²) in [6.07, 6.45) is 0. The third-order valence-corrected chi connectivity index (χ3v) is 13.2. The molecule has 340 valence electrons. The Morgan fingerprint density at radius 3 is 1.03 bits per heavy atom. The highest BCUT2D eigenvalue weighted by Gasteiger charge is 2.46. The molecule has 7 nitrogen and oxygen atoms in total. The molecule has 2 heterocycles. The molecule has 1 spiro atoms. The molecule has 2 aliphatic heterocycles. The van der Waals surface area contributed by atoms with E-state index in [0.717, 1.165) is 68.1 Å². The number of benzene rings is 8.